The smallest absolute Gasteiger partial charge is 0.115 e. The van der Waals surface area contributed by atoms with E-state index in [0.717, 1.165) is 26.0 Å². The van der Waals surface area contributed by atoms with Crippen molar-refractivity contribution in [2.45, 2.75) is 44.8 Å². The zero-order valence-corrected chi connectivity index (χ0v) is 11.1. The van der Waals surface area contributed by atoms with Gasteiger partial charge in [0.05, 0.1) is 6.10 Å². The van der Waals surface area contributed by atoms with Crippen molar-refractivity contribution >= 4 is 0 Å². The van der Waals surface area contributed by atoms with Crippen LogP contribution >= 0.6 is 0 Å². The monoisotopic (exact) mass is 249 g/mol. The highest BCUT2D eigenvalue weighted by Crippen LogP contribution is 2.20. The predicted octanol–water partition coefficient (Wildman–Crippen LogP) is 2.48. The second kappa shape index (κ2) is 6.76. The highest BCUT2D eigenvalue weighted by Gasteiger charge is 2.20. The third-order valence-electron chi connectivity index (χ3n) is 3.46. The number of hydrogen-bond acceptors (Lipinski definition) is 3. The standard InChI is InChI=1S/C15H23NO2/c1-2-16-13(11-15-7-4-8-18-15)9-12-5-3-6-14(17)10-12/h3,5-6,10,13,15-17H,2,4,7-9,11H2,1H3. The first-order chi connectivity index (χ1) is 8.78. The number of likely N-dealkylation sites (N-methyl/N-ethyl adjacent to an activating group) is 1. The fourth-order valence-electron chi connectivity index (χ4n) is 2.64. The Labute approximate surface area is 109 Å². The van der Waals surface area contributed by atoms with Crippen LogP contribution in [0, 0.1) is 0 Å². The molecule has 0 aliphatic carbocycles. The molecule has 1 aliphatic heterocycles. The van der Waals surface area contributed by atoms with Gasteiger partial charge in [-0.1, -0.05) is 19.1 Å². The summed E-state index contributed by atoms with van der Waals surface area (Å²) in [6, 6.07) is 7.96. The van der Waals surface area contributed by atoms with Gasteiger partial charge in [-0.25, -0.2) is 0 Å². The molecule has 1 saturated heterocycles. The van der Waals surface area contributed by atoms with Crippen molar-refractivity contribution in [3.63, 3.8) is 0 Å². The highest BCUT2D eigenvalue weighted by molar-refractivity contribution is 5.27. The fourth-order valence-corrected chi connectivity index (χ4v) is 2.64. The van der Waals surface area contributed by atoms with Crippen LogP contribution in [0.15, 0.2) is 24.3 Å². The van der Waals surface area contributed by atoms with E-state index in [1.807, 2.05) is 12.1 Å². The SMILES string of the molecule is CCNC(Cc1cccc(O)c1)CC1CCCO1. The summed E-state index contributed by atoms with van der Waals surface area (Å²) in [6.07, 6.45) is 4.79. The second-order valence-corrected chi connectivity index (χ2v) is 5.00. The maximum atomic E-state index is 9.49. The van der Waals surface area contributed by atoms with Gasteiger partial charge in [0, 0.05) is 12.6 Å². The van der Waals surface area contributed by atoms with Crippen molar-refractivity contribution < 1.29 is 9.84 Å². The van der Waals surface area contributed by atoms with Crippen LogP contribution in [0.4, 0.5) is 0 Å². The van der Waals surface area contributed by atoms with Crippen LogP contribution in [0.2, 0.25) is 0 Å². The fraction of sp³-hybridized carbons (Fsp3) is 0.600. The summed E-state index contributed by atoms with van der Waals surface area (Å²) >= 11 is 0. The Morgan fingerprint density at radius 1 is 1.50 bits per heavy atom. The van der Waals surface area contributed by atoms with E-state index in [9.17, 15) is 5.11 Å². The summed E-state index contributed by atoms with van der Waals surface area (Å²) in [5.74, 6) is 0.347. The topological polar surface area (TPSA) is 41.5 Å². The van der Waals surface area contributed by atoms with Crippen molar-refractivity contribution in [1.82, 2.24) is 5.32 Å². The van der Waals surface area contributed by atoms with E-state index >= 15 is 0 Å². The molecule has 18 heavy (non-hydrogen) atoms. The molecule has 1 aromatic rings. The van der Waals surface area contributed by atoms with Crippen LogP contribution in [-0.4, -0.2) is 30.4 Å². The highest BCUT2D eigenvalue weighted by atomic mass is 16.5. The Kier molecular flexibility index (Phi) is 5.02. The van der Waals surface area contributed by atoms with Gasteiger partial charge in [0.15, 0.2) is 0 Å². The number of hydrogen-bond donors (Lipinski definition) is 2. The quantitative estimate of drug-likeness (QED) is 0.814. The minimum Gasteiger partial charge on any atom is -0.508 e. The van der Waals surface area contributed by atoms with Gasteiger partial charge in [-0.15, -0.1) is 0 Å². The van der Waals surface area contributed by atoms with Gasteiger partial charge in [0.2, 0.25) is 0 Å². The average Bonchev–Trinajstić information content (AvgIpc) is 2.82. The van der Waals surface area contributed by atoms with Gasteiger partial charge < -0.3 is 15.2 Å². The molecular weight excluding hydrogens is 226 g/mol. The molecule has 0 saturated carbocycles. The minimum absolute atomic E-state index is 0.347. The maximum absolute atomic E-state index is 9.49. The van der Waals surface area contributed by atoms with Crippen LogP contribution < -0.4 is 5.32 Å². The molecule has 2 rings (SSSR count). The molecule has 3 heteroatoms. The van der Waals surface area contributed by atoms with Crippen LogP contribution in [0.3, 0.4) is 0 Å². The van der Waals surface area contributed by atoms with Crippen LogP contribution in [0.25, 0.3) is 0 Å². The lowest BCUT2D eigenvalue weighted by molar-refractivity contribution is 0.0948. The molecule has 3 nitrogen and oxygen atoms in total. The van der Waals surface area contributed by atoms with E-state index < -0.39 is 0 Å². The first kappa shape index (κ1) is 13.4. The van der Waals surface area contributed by atoms with E-state index in [4.69, 9.17) is 4.74 Å². The second-order valence-electron chi connectivity index (χ2n) is 5.00. The normalized spacial score (nSPS) is 21.1. The Morgan fingerprint density at radius 3 is 3.06 bits per heavy atom. The molecular formula is C15H23NO2. The van der Waals surface area contributed by atoms with Crippen molar-refractivity contribution in [2.24, 2.45) is 0 Å². The number of aromatic hydroxyl groups is 1. The molecule has 0 bridgehead atoms. The molecule has 1 aromatic carbocycles. The Hall–Kier alpha value is -1.06. The number of benzene rings is 1. The summed E-state index contributed by atoms with van der Waals surface area (Å²) in [7, 11) is 0. The largest absolute Gasteiger partial charge is 0.508 e. The van der Waals surface area contributed by atoms with E-state index in [1.54, 1.807) is 6.07 Å². The van der Waals surface area contributed by atoms with Gasteiger partial charge in [0.25, 0.3) is 0 Å². The van der Waals surface area contributed by atoms with Gasteiger partial charge in [-0.2, -0.15) is 0 Å². The lowest BCUT2D eigenvalue weighted by atomic mass is 9.99. The molecule has 2 unspecified atom stereocenters. The summed E-state index contributed by atoms with van der Waals surface area (Å²) in [5, 5.41) is 13.0. The van der Waals surface area contributed by atoms with E-state index in [0.29, 0.717) is 17.9 Å². The van der Waals surface area contributed by atoms with Gasteiger partial charge in [0.1, 0.15) is 5.75 Å². The molecule has 100 valence electrons. The molecule has 0 aromatic heterocycles. The molecule has 0 amide bonds. The van der Waals surface area contributed by atoms with Crippen LogP contribution in [0.1, 0.15) is 31.7 Å². The maximum Gasteiger partial charge on any atom is 0.115 e. The van der Waals surface area contributed by atoms with E-state index in [1.165, 1.54) is 18.4 Å². The third-order valence-corrected chi connectivity index (χ3v) is 3.46. The zero-order chi connectivity index (χ0) is 12.8. The summed E-state index contributed by atoms with van der Waals surface area (Å²) < 4.78 is 5.70. The van der Waals surface area contributed by atoms with Gasteiger partial charge >= 0.3 is 0 Å². The Bertz CT molecular complexity index is 361. The number of rotatable bonds is 6. The molecule has 1 fully saturated rings. The van der Waals surface area contributed by atoms with Gasteiger partial charge in [-0.05, 0) is 49.9 Å². The van der Waals surface area contributed by atoms with Crippen molar-refractivity contribution in [3.8, 4) is 5.75 Å². The summed E-state index contributed by atoms with van der Waals surface area (Å²) in [6.45, 7) is 4.01. The third kappa shape index (κ3) is 4.00. The lowest BCUT2D eigenvalue weighted by Crippen LogP contribution is -2.34. The molecule has 0 spiro atoms. The first-order valence-electron chi connectivity index (χ1n) is 6.91. The van der Waals surface area contributed by atoms with Crippen molar-refractivity contribution in [1.29, 1.82) is 0 Å². The average molecular weight is 249 g/mol. The summed E-state index contributed by atoms with van der Waals surface area (Å²) in [5.41, 5.74) is 1.18. The van der Waals surface area contributed by atoms with E-state index in [2.05, 4.69) is 18.3 Å². The lowest BCUT2D eigenvalue weighted by Gasteiger charge is -2.21. The minimum atomic E-state index is 0.347. The van der Waals surface area contributed by atoms with Crippen LogP contribution in [0.5, 0.6) is 5.75 Å². The van der Waals surface area contributed by atoms with Crippen molar-refractivity contribution in [2.75, 3.05) is 13.2 Å². The Morgan fingerprint density at radius 2 is 2.39 bits per heavy atom. The predicted molar refractivity (Wildman–Crippen MR) is 72.9 cm³/mol. The Balaban J connectivity index is 1.92. The molecule has 1 aliphatic rings. The molecule has 2 N–H and O–H groups in total. The number of phenolic OH excluding ortho intramolecular Hbond substituents is 1. The number of ether oxygens (including phenoxy) is 1. The van der Waals surface area contributed by atoms with Gasteiger partial charge in [-0.3, -0.25) is 0 Å². The molecule has 2 atom stereocenters. The number of nitrogens with one attached hydrogen (secondary N) is 1. The van der Waals surface area contributed by atoms with Crippen LogP contribution in [-0.2, 0) is 11.2 Å². The number of phenols is 1. The van der Waals surface area contributed by atoms with Crippen molar-refractivity contribution in [3.05, 3.63) is 29.8 Å². The van der Waals surface area contributed by atoms with E-state index in [-0.39, 0.29) is 0 Å². The zero-order valence-electron chi connectivity index (χ0n) is 11.1. The summed E-state index contributed by atoms with van der Waals surface area (Å²) in [4.78, 5) is 0. The molecule has 0 radical (unpaired) electrons. The first-order valence-corrected chi connectivity index (χ1v) is 6.91. The molecule has 1 heterocycles.